The first-order valence-electron chi connectivity index (χ1n) is 2.29. The molecule has 64 valence electrons. The Labute approximate surface area is 71.8 Å². The molecule has 0 aromatic heterocycles. The zero-order valence-corrected chi connectivity index (χ0v) is 7.11. The van der Waals surface area contributed by atoms with Crippen molar-refractivity contribution < 1.29 is 9.90 Å². The lowest BCUT2D eigenvalue weighted by Crippen LogP contribution is -2.44. The molecule has 0 rings (SSSR count). The number of nitrogens with two attached hydrogens (primary N) is 2. The smallest absolute Gasteiger partial charge is 0.322 e. The SMILES string of the molecule is C[C@H](N)[C@@H](N)C(=O)O.Cl.Cl. The standard InChI is InChI=1S/C4H10N2O2.2ClH/c1-2(5)3(6)4(7)8;;/h2-3H,5-6H2,1H3,(H,7,8);2*1H/t2-,3+;;/m0../s1. The van der Waals surface area contributed by atoms with Crippen LogP contribution in [0.25, 0.3) is 0 Å². The molecule has 0 radical (unpaired) electrons. The summed E-state index contributed by atoms with van der Waals surface area (Å²) in [6, 6.07) is -1.41. The van der Waals surface area contributed by atoms with Crippen LogP contribution in [-0.4, -0.2) is 23.2 Å². The lowest BCUT2D eigenvalue weighted by Gasteiger charge is -2.08. The van der Waals surface area contributed by atoms with E-state index in [1.807, 2.05) is 0 Å². The van der Waals surface area contributed by atoms with Gasteiger partial charge in [-0.2, -0.15) is 0 Å². The molecule has 6 heteroatoms. The normalized spacial score (nSPS) is 13.9. The quantitative estimate of drug-likeness (QED) is 0.553. The van der Waals surface area contributed by atoms with Gasteiger partial charge in [0.2, 0.25) is 0 Å². The first-order valence-corrected chi connectivity index (χ1v) is 2.29. The van der Waals surface area contributed by atoms with Gasteiger partial charge in [-0.05, 0) is 6.92 Å². The number of hydrogen-bond donors (Lipinski definition) is 3. The van der Waals surface area contributed by atoms with Crippen molar-refractivity contribution in [2.45, 2.75) is 19.0 Å². The fourth-order valence-corrected chi connectivity index (χ4v) is 0.225. The summed E-state index contributed by atoms with van der Waals surface area (Å²) in [5.41, 5.74) is 10.2. The van der Waals surface area contributed by atoms with Gasteiger partial charge in [-0.3, -0.25) is 4.79 Å². The van der Waals surface area contributed by atoms with Gasteiger partial charge in [0.1, 0.15) is 6.04 Å². The Morgan fingerprint density at radius 3 is 1.70 bits per heavy atom. The molecule has 0 aliphatic heterocycles. The molecule has 0 saturated carbocycles. The second kappa shape index (κ2) is 7.08. The van der Waals surface area contributed by atoms with Gasteiger partial charge in [0.05, 0.1) is 0 Å². The molecule has 0 aliphatic carbocycles. The number of carbonyl (C=O) groups is 1. The summed E-state index contributed by atoms with van der Waals surface area (Å²) in [5, 5.41) is 8.15. The summed E-state index contributed by atoms with van der Waals surface area (Å²) < 4.78 is 0. The second-order valence-corrected chi connectivity index (χ2v) is 1.72. The molecular formula is C4H12Cl2N2O2. The van der Waals surface area contributed by atoms with Crippen molar-refractivity contribution in [1.82, 2.24) is 0 Å². The second-order valence-electron chi connectivity index (χ2n) is 1.72. The van der Waals surface area contributed by atoms with E-state index in [0.717, 1.165) is 0 Å². The molecule has 0 fully saturated rings. The van der Waals surface area contributed by atoms with Gasteiger partial charge in [0.25, 0.3) is 0 Å². The average Bonchev–Trinajstić information content (AvgIpc) is 1.64. The van der Waals surface area contributed by atoms with Gasteiger partial charge in [-0.25, -0.2) is 0 Å². The van der Waals surface area contributed by atoms with Crippen LogP contribution in [0.1, 0.15) is 6.92 Å². The lowest BCUT2D eigenvalue weighted by molar-refractivity contribution is -0.138. The maximum absolute atomic E-state index is 9.94. The molecule has 0 bridgehead atoms. The molecule has 0 amide bonds. The fraction of sp³-hybridized carbons (Fsp3) is 0.750. The summed E-state index contributed by atoms with van der Waals surface area (Å²) in [5.74, 6) is -1.06. The zero-order chi connectivity index (χ0) is 6.73. The van der Waals surface area contributed by atoms with Gasteiger partial charge < -0.3 is 16.6 Å². The van der Waals surface area contributed by atoms with Gasteiger partial charge in [0.15, 0.2) is 0 Å². The molecule has 0 saturated heterocycles. The Balaban J connectivity index is -0.000000245. The number of aliphatic carboxylic acids is 1. The average molecular weight is 191 g/mol. The van der Waals surface area contributed by atoms with Crippen LogP contribution in [0.4, 0.5) is 0 Å². The third kappa shape index (κ3) is 6.10. The van der Waals surface area contributed by atoms with Crippen molar-refractivity contribution in [3.05, 3.63) is 0 Å². The molecule has 0 unspecified atom stereocenters. The van der Waals surface area contributed by atoms with Crippen LogP contribution in [0, 0.1) is 0 Å². The third-order valence-electron chi connectivity index (χ3n) is 0.852. The number of hydrogen-bond acceptors (Lipinski definition) is 3. The van der Waals surface area contributed by atoms with Crippen LogP contribution >= 0.6 is 24.8 Å². The maximum atomic E-state index is 9.94. The van der Waals surface area contributed by atoms with E-state index in [0.29, 0.717) is 0 Å². The lowest BCUT2D eigenvalue weighted by atomic mass is 10.2. The van der Waals surface area contributed by atoms with E-state index < -0.39 is 18.1 Å². The van der Waals surface area contributed by atoms with E-state index in [2.05, 4.69) is 0 Å². The first-order chi connectivity index (χ1) is 3.55. The summed E-state index contributed by atoms with van der Waals surface area (Å²) in [7, 11) is 0. The number of rotatable bonds is 2. The predicted octanol–water partition coefficient (Wildman–Crippen LogP) is -0.411. The van der Waals surface area contributed by atoms with Crippen molar-refractivity contribution in [2.24, 2.45) is 11.5 Å². The minimum Gasteiger partial charge on any atom is -0.480 e. The monoisotopic (exact) mass is 190 g/mol. The van der Waals surface area contributed by atoms with Crippen molar-refractivity contribution in [2.75, 3.05) is 0 Å². The molecule has 0 aromatic rings. The van der Waals surface area contributed by atoms with E-state index in [-0.39, 0.29) is 24.8 Å². The molecule has 10 heavy (non-hydrogen) atoms. The van der Waals surface area contributed by atoms with Crippen molar-refractivity contribution in [3.63, 3.8) is 0 Å². The maximum Gasteiger partial charge on any atom is 0.322 e. The van der Waals surface area contributed by atoms with Crippen LogP contribution in [0.15, 0.2) is 0 Å². The van der Waals surface area contributed by atoms with Crippen molar-refractivity contribution in [3.8, 4) is 0 Å². The molecule has 5 N–H and O–H groups in total. The molecule has 2 atom stereocenters. The highest BCUT2D eigenvalue weighted by Gasteiger charge is 2.14. The van der Waals surface area contributed by atoms with Crippen LogP contribution in [0.3, 0.4) is 0 Å². The van der Waals surface area contributed by atoms with Gasteiger partial charge >= 0.3 is 5.97 Å². The molecule has 0 aliphatic rings. The molecule has 4 nitrogen and oxygen atoms in total. The van der Waals surface area contributed by atoms with Gasteiger partial charge in [0, 0.05) is 6.04 Å². The third-order valence-corrected chi connectivity index (χ3v) is 0.852. The van der Waals surface area contributed by atoms with E-state index >= 15 is 0 Å². The van der Waals surface area contributed by atoms with E-state index in [1.54, 1.807) is 6.92 Å². The number of carboxylic acid groups (broad SMARTS) is 1. The molecular weight excluding hydrogens is 179 g/mol. The number of carboxylic acids is 1. The minimum absolute atomic E-state index is 0. The van der Waals surface area contributed by atoms with Crippen LogP contribution in [0.2, 0.25) is 0 Å². The largest absolute Gasteiger partial charge is 0.480 e. The molecule has 0 spiro atoms. The van der Waals surface area contributed by atoms with Crippen molar-refractivity contribution >= 4 is 30.8 Å². The zero-order valence-electron chi connectivity index (χ0n) is 5.48. The van der Waals surface area contributed by atoms with Crippen LogP contribution < -0.4 is 11.5 Å². The molecule has 0 heterocycles. The van der Waals surface area contributed by atoms with E-state index in [9.17, 15) is 4.79 Å². The van der Waals surface area contributed by atoms with E-state index in [4.69, 9.17) is 16.6 Å². The summed E-state index contributed by atoms with van der Waals surface area (Å²) in [6.45, 7) is 1.55. The Bertz CT molecular complexity index is 99.3. The first kappa shape index (κ1) is 16.5. The summed E-state index contributed by atoms with van der Waals surface area (Å²) in [4.78, 5) is 9.94. The predicted molar refractivity (Wildman–Crippen MR) is 43.8 cm³/mol. The summed E-state index contributed by atoms with van der Waals surface area (Å²) >= 11 is 0. The summed E-state index contributed by atoms with van der Waals surface area (Å²) in [6.07, 6.45) is 0. The van der Waals surface area contributed by atoms with Crippen LogP contribution in [0.5, 0.6) is 0 Å². The topological polar surface area (TPSA) is 89.3 Å². The molecule has 0 aromatic carbocycles. The highest BCUT2D eigenvalue weighted by molar-refractivity contribution is 5.85. The van der Waals surface area contributed by atoms with Crippen LogP contribution in [-0.2, 0) is 4.79 Å². The van der Waals surface area contributed by atoms with E-state index in [1.165, 1.54) is 0 Å². The Kier molecular flexibility index (Phi) is 11.7. The van der Waals surface area contributed by atoms with Gasteiger partial charge in [-0.1, -0.05) is 0 Å². The number of halogens is 2. The van der Waals surface area contributed by atoms with Crippen molar-refractivity contribution in [1.29, 1.82) is 0 Å². The fourth-order valence-electron chi connectivity index (χ4n) is 0.225. The Hall–Kier alpha value is -0.0300. The highest BCUT2D eigenvalue weighted by Crippen LogP contribution is 1.82. The minimum atomic E-state index is -1.06. The highest BCUT2D eigenvalue weighted by atomic mass is 35.5. The Morgan fingerprint density at radius 1 is 1.40 bits per heavy atom. The van der Waals surface area contributed by atoms with Gasteiger partial charge in [-0.15, -0.1) is 24.8 Å². The Morgan fingerprint density at radius 2 is 1.70 bits per heavy atom.